The molecule has 2 aromatic heterocycles. The summed E-state index contributed by atoms with van der Waals surface area (Å²) in [6, 6.07) is 0. The van der Waals surface area contributed by atoms with Gasteiger partial charge in [-0.15, -0.1) is 0 Å². The molecule has 136 valence electrons. The fourth-order valence-electron chi connectivity index (χ4n) is 3.04. The minimum atomic E-state index is -0.580. The van der Waals surface area contributed by atoms with Gasteiger partial charge >= 0.3 is 0 Å². The summed E-state index contributed by atoms with van der Waals surface area (Å²) in [6.07, 6.45) is 6.80. The lowest BCUT2D eigenvalue weighted by Crippen LogP contribution is -2.23. The van der Waals surface area contributed by atoms with Crippen molar-refractivity contribution < 1.29 is 14.2 Å². The fraction of sp³-hybridized carbons (Fsp3) is 0.588. The highest BCUT2D eigenvalue weighted by Gasteiger charge is 2.21. The third-order valence-corrected chi connectivity index (χ3v) is 4.47. The van der Waals surface area contributed by atoms with Crippen LogP contribution >= 0.6 is 0 Å². The second kappa shape index (κ2) is 7.77. The maximum absolute atomic E-state index is 13.9. The molecule has 0 radical (unpaired) electrons. The van der Waals surface area contributed by atoms with E-state index in [1.807, 2.05) is 20.2 Å². The normalized spacial score (nSPS) is 20.5. The van der Waals surface area contributed by atoms with Crippen molar-refractivity contribution in [3.8, 4) is 5.88 Å². The third kappa shape index (κ3) is 4.45. The number of aliphatic hydroxyl groups excluding tert-OH is 1. The zero-order valence-electron chi connectivity index (χ0n) is 14.6. The van der Waals surface area contributed by atoms with E-state index in [4.69, 9.17) is 4.74 Å². The van der Waals surface area contributed by atoms with E-state index in [2.05, 4.69) is 20.4 Å². The topological polar surface area (TPSA) is 85.1 Å². The lowest BCUT2D eigenvalue weighted by atomic mass is 9.88. The standard InChI is InChI=1S/C17H24FN5O2/c1-3-14-15(9-23(2)22-14)20-17-19-8-13(18)16(21-17)25-10-11-4-6-12(24)7-5-11/h8-9,11-12,24H,3-7,10H2,1-2H3,(H,19,20,21). The number of anilines is 2. The van der Waals surface area contributed by atoms with Gasteiger partial charge in [0, 0.05) is 13.2 Å². The van der Waals surface area contributed by atoms with Crippen LogP contribution in [0.5, 0.6) is 5.88 Å². The average molecular weight is 349 g/mol. The maximum atomic E-state index is 13.9. The summed E-state index contributed by atoms with van der Waals surface area (Å²) in [5.74, 6) is -0.0359. The number of aliphatic hydroxyl groups is 1. The molecule has 3 rings (SSSR count). The van der Waals surface area contributed by atoms with Gasteiger partial charge in [-0.25, -0.2) is 4.98 Å². The van der Waals surface area contributed by atoms with E-state index in [1.54, 1.807) is 4.68 Å². The largest absolute Gasteiger partial charge is 0.475 e. The van der Waals surface area contributed by atoms with E-state index in [0.717, 1.165) is 49.7 Å². The molecule has 25 heavy (non-hydrogen) atoms. The molecule has 0 amide bonds. The Morgan fingerprint density at radius 3 is 2.84 bits per heavy atom. The van der Waals surface area contributed by atoms with Gasteiger partial charge in [0.15, 0.2) is 0 Å². The molecule has 1 aliphatic carbocycles. The molecule has 0 aliphatic heterocycles. The van der Waals surface area contributed by atoms with Crippen LogP contribution in [0.4, 0.5) is 16.0 Å². The minimum absolute atomic E-state index is 0.0504. The van der Waals surface area contributed by atoms with Crippen molar-refractivity contribution in [3.63, 3.8) is 0 Å². The van der Waals surface area contributed by atoms with Gasteiger partial charge in [-0.1, -0.05) is 6.92 Å². The molecule has 0 aromatic carbocycles. The smallest absolute Gasteiger partial charge is 0.255 e. The van der Waals surface area contributed by atoms with Crippen LogP contribution in [0, 0.1) is 11.7 Å². The first-order valence-electron chi connectivity index (χ1n) is 8.68. The number of nitrogens with one attached hydrogen (secondary N) is 1. The summed E-state index contributed by atoms with van der Waals surface area (Å²) < 4.78 is 21.2. The van der Waals surface area contributed by atoms with Crippen molar-refractivity contribution in [1.29, 1.82) is 0 Å². The monoisotopic (exact) mass is 349 g/mol. The quantitative estimate of drug-likeness (QED) is 0.834. The van der Waals surface area contributed by atoms with E-state index in [0.29, 0.717) is 12.5 Å². The highest BCUT2D eigenvalue weighted by atomic mass is 19.1. The van der Waals surface area contributed by atoms with Crippen molar-refractivity contribution in [2.24, 2.45) is 13.0 Å². The Morgan fingerprint density at radius 2 is 2.12 bits per heavy atom. The van der Waals surface area contributed by atoms with Crippen molar-refractivity contribution in [2.75, 3.05) is 11.9 Å². The molecule has 2 N–H and O–H groups in total. The predicted molar refractivity (Wildman–Crippen MR) is 91.3 cm³/mol. The third-order valence-electron chi connectivity index (χ3n) is 4.47. The van der Waals surface area contributed by atoms with Crippen LogP contribution in [0.25, 0.3) is 0 Å². The number of aryl methyl sites for hydroxylation is 2. The molecule has 8 heteroatoms. The molecule has 1 aliphatic rings. The van der Waals surface area contributed by atoms with Crippen molar-refractivity contribution >= 4 is 11.6 Å². The fourth-order valence-corrected chi connectivity index (χ4v) is 3.04. The average Bonchev–Trinajstić information content (AvgIpc) is 2.96. The second-order valence-electron chi connectivity index (χ2n) is 6.47. The Kier molecular flexibility index (Phi) is 5.47. The van der Waals surface area contributed by atoms with E-state index < -0.39 is 5.82 Å². The number of halogens is 1. The Hall–Kier alpha value is -2.22. The van der Waals surface area contributed by atoms with Crippen LogP contribution in [0.3, 0.4) is 0 Å². The van der Waals surface area contributed by atoms with Crippen LogP contribution < -0.4 is 10.1 Å². The molecule has 1 fully saturated rings. The second-order valence-corrected chi connectivity index (χ2v) is 6.47. The summed E-state index contributed by atoms with van der Waals surface area (Å²) in [7, 11) is 1.84. The molecule has 1 saturated carbocycles. The summed E-state index contributed by atoms with van der Waals surface area (Å²) in [5, 5.41) is 17.0. The van der Waals surface area contributed by atoms with Gasteiger partial charge < -0.3 is 15.2 Å². The van der Waals surface area contributed by atoms with Crippen molar-refractivity contribution in [1.82, 2.24) is 19.7 Å². The highest BCUT2D eigenvalue weighted by Crippen LogP contribution is 2.26. The van der Waals surface area contributed by atoms with Gasteiger partial charge in [-0.3, -0.25) is 4.68 Å². The Bertz CT molecular complexity index is 713. The molecular weight excluding hydrogens is 325 g/mol. The van der Waals surface area contributed by atoms with Crippen molar-refractivity contribution in [3.05, 3.63) is 23.9 Å². The summed E-state index contributed by atoms with van der Waals surface area (Å²) in [6.45, 7) is 2.40. The molecule has 0 spiro atoms. The van der Waals surface area contributed by atoms with E-state index in [9.17, 15) is 9.50 Å². The number of nitrogens with zero attached hydrogens (tertiary/aromatic N) is 4. The maximum Gasteiger partial charge on any atom is 0.255 e. The number of aromatic nitrogens is 4. The molecule has 0 unspecified atom stereocenters. The van der Waals surface area contributed by atoms with Crippen molar-refractivity contribution in [2.45, 2.75) is 45.1 Å². The summed E-state index contributed by atoms with van der Waals surface area (Å²) >= 11 is 0. The van der Waals surface area contributed by atoms with Gasteiger partial charge in [-0.2, -0.15) is 14.5 Å². The lowest BCUT2D eigenvalue weighted by molar-refractivity contribution is 0.0899. The summed E-state index contributed by atoms with van der Waals surface area (Å²) in [5.41, 5.74) is 1.68. The van der Waals surface area contributed by atoms with Crippen LogP contribution in [-0.4, -0.2) is 37.6 Å². The van der Waals surface area contributed by atoms with Crippen LogP contribution in [0.2, 0.25) is 0 Å². The van der Waals surface area contributed by atoms with Gasteiger partial charge in [0.2, 0.25) is 11.8 Å². The first-order chi connectivity index (χ1) is 12.0. The van der Waals surface area contributed by atoms with Crippen LogP contribution in [-0.2, 0) is 13.5 Å². The zero-order chi connectivity index (χ0) is 17.8. The van der Waals surface area contributed by atoms with Crippen LogP contribution in [0.1, 0.15) is 38.3 Å². The minimum Gasteiger partial charge on any atom is -0.475 e. The van der Waals surface area contributed by atoms with E-state index >= 15 is 0 Å². The van der Waals surface area contributed by atoms with Gasteiger partial charge in [0.25, 0.3) is 5.88 Å². The molecule has 0 bridgehead atoms. The molecule has 7 nitrogen and oxygen atoms in total. The SMILES string of the molecule is CCc1nn(C)cc1Nc1ncc(F)c(OCC2CCC(O)CC2)n1. The number of hydrogen-bond acceptors (Lipinski definition) is 6. The highest BCUT2D eigenvalue weighted by molar-refractivity contribution is 5.55. The lowest BCUT2D eigenvalue weighted by Gasteiger charge is -2.25. The molecular formula is C17H24FN5O2. The van der Waals surface area contributed by atoms with E-state index in [1.165, 1.54) is 0 Å². The Labute approximate surface area is 146 Å². The number of hydrogen-bond donors (Lipinski definition) is 2. The van der Waals surface area contributed by atoms with Gasteiger partial charge in [0.05, 0.1) is 30.3 Å². The first kappa shape index (κ1) is 17.6. The Morgan fingerprint density at radius 1 is 1.36 bits per heavy atom. The first-order valence-corrected chi connectivity index (χ1v) is 8.68. The molecule has 0 saturated heterocycles. The molecule has 0 atom stereocenters. The molecule has 2 aromatic rings. The molecule has 2 heterocycles. The Balaban J connectivity index is 1.65. The number of rotatable bonds is 6. The predicted octanol–water partition coefficient (Wildman–Crippen LogP) is 2.59. The van der Waals surface area contributed by atoms with Gasteiger partial charge in [0.1, 0.15) is 0 Å². The number of ether oxygens (including phenoxy) is 1. The van der Waals surface area contributed by atoms with Gasteiger partial charge in [-0.05, 0) is 38.0 Å². The zero-order valence-corrected chi connectivity index (χ0v) is 14.6. The van der Waals surface area contributed by atoms with Crippen LogP contribution in [0.15, 0.2) is 12.4 Å². The van der Waals surface area contributed by atoms with E-state index in [-0.39, 0.29) is 17.9 Å². The summed E-state index contributed by atoms with van der Waals surface area (Å²) in [4.78, 5) is 8.12.